The molecular weight excluding hydrogens is 370 g/mol. The van der Waals surface area contributed by atoms with Crippen molar-refractivity contribution in [1.29, 1.82) is 0 Å². The summed E-state index contributed by atoms with van der Waals surface area (Å²) in [6.07, 6.45) is 1.28. The number of aryl methyl sites for hydroxylation is 1. The fourth-order valence-electron chi connectivity index (χ4n) is 3.56. The van der Waals surface area contributed by atoms with E-state index >= 15 is 0 Å². The molecule has 7 heteroatoms. The maximum atomic E-state index is 12.6. The van der Waals surface area contributed by atoms with Gasteiger partial charge in [0, 0.05) is 24.2 Å². The minimum Gasteiger partial charge on any atom is -0.493 e. The zero-order chi connectivity index (χ0) is 20.4. The van der Waals surface area contributed by atoms with Crippen LogP contribution in [0.15, 0.2) is 47.0 Å². The molecule has 29 heavy (non-hydrogen) atoms. The average molecular weight is 393 g/mol. The molecule has 150 valence electrons. The van der Waals surface area contributed by atoms with Crippen molar-refractivity contribution in [2.75, 3.05) is 25.7 Å². The van der Waals surface area contributed by atoms with Crippen LogP contribution in [-0.2, 0) is 11.2 Å². The molecule has 1 aliphatic rings. The third-order valence-electron chi connectivity index (χ3n) is 5.19. The molecule has 1 fully saturated rings. The molecule has 0 radical (unpaired) electrons. The summed E-state index contributed by atoms with van der Waals surface area (Å²) in [6.45, 7) is 2.63. The molecule has 0 saturated carbocycles. The normalized spacial score (nSPS) is 16.3. The molecule has 0 N–H and O–H groups in total. The lowest BCUT2D eigenvalue weighted by atomic mass is 10.1. The first-order chi connectivity index (χ1) is 14.1. The SMILES string of the molecule is CCc1cccc(N2CC(c3nc(-c4ccc(OC)c(OC)c4)no3)CC2=O)c1. The van der Waals surface area contributed by atoms with Gasteiger partial charge in [-0.25, -0.2) is 0 Å². The number of benzene rings is 2. The van der Waals surface area contributed by atoms with E-state index in [1.807, 2.05) is 18.2 Å². The molecule has 0 bridgehead atoms. The maximum absolute atomic E-state index is 12.6. The third-order valence-corrected chi connectivity index (χ3v) is 5.19. The Bertz CT molecular complexity index is 1030. The predicted molar refractivity (Wildman–Crippen MR) is 108 cm³/mol. The Balaban J connectivity index is 1.55. The van der Waals surface area contributed by atoms with Gasteiger partial charge in [0.1, 0.15) is 0 Å². The number of carbonyl (C=O) groups excluding carboxylic acids is 1. The molecule has 1 saturated heterocycles. The Hall–Kier alpha value is -3.35. The van der Waals surface area contributed by atoms with Gasteiger partial charge in [0.05, 0.1) is 20.1 Å². The summed E-state index contributed by atoms with van der Waals surface area (Å²) in [7, 11) is 3.17. The van der Waals surface area contributed by atoms with E-state index in [2.05, 4.69) is 29.2 Å². The molecule has 1 atom stereocenters. The molecular formula is C22H23N3O4. The van der Waals surface area contributed by atoms with E-state index < -0.39 is 0 Å². The molecule has 1 amide bonds. The molecule has 1 aromatic heterocycles. The van der Waals surface area contributed by atoms with Crippen LogP contribution in [0.5, 0.6) is 11.5 Å². The number of aromatic nitrogens is 2. The number of anilines is 1. The Labute approximate surface area is 169 Å². The first kappa shape index (κ1) is 19.0. The van der Waals surface area contributed by atoms with Gasteiger partial charge >= 0.3 is 0 Å². The number of rotatable bonds is 6. The summed E-state index contributed by atoms with van der Waals surface area (Å²) in [5.41, 5.74) is 2.87. The third kappa shape index (κ3) is 3.68. The standard InChI is InChI=1S/C22H23N3O4/c1-4-14-6-5-7-17(10-14)25-13-16(12-20(25)26)22-23-21(24-29-22)15-8-9-18(27-2)19(11-15)28-3/h5-11,16H,4,12-13H2,1-3H3. The van der Waals surface area contributed by atoms with Gasteiger partial charge in [0.2, 0.25) is 17.6 Å². The topological polar surface area (TPSA) is 77.7 Å². The molecule has 2 aromatic carbocycles. The van der Waals surface area contributed by atoms with Crippen LogP contribution < -0.4 is 14.4 Å². The van der Waals surface area contributed by atoms with Gasteiger partial charge in [-0.2, -0.15) is 4.98 Å². The molecule has 7 nitrogen and oxygen atoms in total. The number of hydrogen-bond acceptors (Lipinski definition) is 6. The van der Waals surface area contributed by atoms with Crippen molar-refractivity contribution in [2.45, 2.75) is 25.7 Å². The quantitative estimate of drug-likeness (QED) is 0.633. The van der Waals surface area contributed by atoms with Crippen LogP contribution >= 0.6 is 0 Å². The molecule has 4 rings (SSSR count). The summed E-state index contributed by atoms with van der Waals surface area (Å²) in [6, 6.07) is 13.5. The fraction of sp³-hybridized carbons (Fsp3) is 0.318. The first-order valence-electron chi connectivity index (χ1n) is 9.58. The van der Waals surface area contributed by atoms with Crippen LogP contribution in [0.2, 0.25) is 0 Å². The van der Waals surface area contributed by atoms with Crippen LogP contribution in [0.3, 0.4) is 0 Å². The Morgan fingerprint density at radius 2 is 1.97 bits per heavy atom. The van der Waals surface area contributed by atoms with Gasteiger partial charge in [-0.3, -0.25) is 4.79 Å². The highest BCUT2D eigenvalue weighted by Crippen LogP contribution is 2.34. The highest BCUT2D eigenvalue weighted by molar-refractivity contribution is 5.96. The molecule has 1 unspecified atom stereocenters. The van der Waals surface area contributed by atoms with E-state index in [0.29, 0.717) is 36.2 Å². The average Bonchev–Trinajstić information content (AvgIpc) is 3.40. The number of hydrogen-bond donors (Lipinski definition) is 0. The molecule has 1 aliphatic heterocycles. The van der Waals surface area contributed by atoms with Gasteiger partial charge in [0.15, 0.2) is 11.5 Å². The number of methoxy groups -OCH3 is 2. The van der Waals surface area contributed by atoms with Crippen LogP contribution in [0, 0.1) is 0 Å². The van der Waals surface area contributed by atoms with Crippen molar-refractivity contribution >= 4 is 11.6 Å². The monoisotopic (exact) mass is 393 g/mol. The second-order valence-corrected chi connectivity index (χ2v) is 6.95. The van der Waals surface area contributed by atoms with Crippen LogP contribution in [0.1, 0.15) is 30.7 Å². The Kier molecular flexibility index (Phi) is 5.20. The molecule has 2 heterocycles. The molecule has 3 aromatic rings. The van der Waals surface area contributed by atoms with Crippen LogP contribution in [-0.4, -0.2) is 36.8 Å². The largest absolute Gasteiger partial charge is 0.493 e. The second-order valence-electron chi connectivity index (χ2n) is 6.95. The second kappa shape index (κ2) is 7.95. The zero-order valence-electron chi connectivity index (χ0n) is 16.7. The van der Waals surface area contributed by atoms with Gasteiger partial charge in [-0.1, -0.05) is 24.2 Å². The van der Waals surface area contributed by atoms with Crippen molar-refractivity contribution in [1.82, 2.24) is 10.1 Å². The van der Waals surface area contributed by atoms with E-state index in [1.54, 1.807) is 31.3 Å². The summed E-state index contributed by atoms with van der Waals surface area (Å²) in [5, 5.41) is 4.10. The van der Waals surface area contributed by atoms with E-state index in [-0.39, 0.29) is 11.8 Å². The highest BCUT2D eigenvalue weighted by Gasteiger charge is 2.35. The summed E-state index contributed by atoms with van der Waals surface area (Å²) < 4.78 is 16.1. The maximum Gasteiger partial charge on any atom is 0.232 e. The lowest BCUT2D eigenvalue weighted by Crippen LogP contribution is -2.24. The van der Waals surface area contributed by atoms with Crippen molar-refractivity contribution in [3.63, 3.8) is 0 Å². The fourth-order valence-corrected chi connectivity index (χ4v) is 3.56. The molecule has 0 aliphatic carbocycles. The molecule has 0 spiro atoms. The number of ether oxygens (including phenoxy) is 2. The summed E-state index contributed by atoms with van der Waals surface area (Å²) in [5.74, 6) is 2.08. The van der Waals surface area contributed by atoms with Gasteiger partial charge in [-0.15, -0.1) is 0 Å². The van der Waals surface area contributed by atoms with Crippen molar-refractivity contribution in [3.05, 3.63) is 53.9 Å². The van der Waals surface area contributed by atoms with Crippen molar-refractivity contribution < 1.29 is 18.8 Å². The Morgan fingerprint density at radius 1 is 1.14 bits per heavy atom. The number of carbonyl (C=O) groups is 1. The van der Waals surface area contributed by atoms with Crippen molar-refractivity contribution in [3.8, 4) is 22.9 Å². The Morgan fingerprint density at radius 3 is 2.72 bits per heavy atom. The lowest BCUT2D eigenvalue weighted by molar-refractivity contribution is -0.117. The van der Waals surface area contributed by atoms with E-state index in [4.69, 9.17) is 14.0 Å². The van der Waals surface area contributed by atoms with Gasteiger partial charge < -0.3 is 18.9 Å². The van der Waals surface area contributed by atoms with Gasteiger partial charge in [0.25, 0.3) is 0 Å². The highest BCUT2D eigenvalue weighted by atomic mass is 16.5. The zero-order valence-corrected chi connectivity index (χ0v) is 16.7. The van der Waals surface area contributed by atoms with E-state index in [9.17, 15) is 4.79 Å². The first-order valence-corrected chi connectivity index (χ1v) is 9.58. The van der Waals surface area contributed by atoms with E-state index in [0.717, 1.165) is 17.7 Å². The summed E-state index contributed by atoms with van der Waals surface area (Å²) >= 11 is 0. The van der Waals surface area contributed by atoms with Gasteiger partial charge in [-0.05, 0) is 42.3 Å². The van der Waals surface area contributed by atoms with E-state index in [1.165, 1.54) is 5.56 Å². The van der Waals surface area contributed by atoms with Crippen LogP contribution in [0.4, 0.5) is 5.69 Å². The number of amides is 1. The van der Waals surface area contributed by atoms with Crippen molar-refractivity contribution in [2.24, 2.45) is 0 Å². The minimum absolute atomic E-state index is 0.0640. The lowest BCUT2D eigenvalue weighted by Gasteiger charge is -2.16. The summed E-state index contributed by atoms with van der Waals surface area (Å²) in [4.78, 5) is 18.9. The smallest absolute Gasteiger partial charge is 0.232 e. The number of nitrogens with zero attached hydrogens (tertiary/aromatic N) is 3. The van der Waals surface area contributed by atoms with Crippen LogP contribution in [0.25, 0.3) is 11.4 Å². The predicted octanol–water partition coefficient (Wildman–Crippen LogP) is 3.84. The minimum atomic E-state index is -0.130.